The maximum absolute atomic E-state index is 4.19. The van der Waals surface area contributed by atoms with Gasteiger partial charge in [0.15, 0.2) is 0 Å². The van der Waals surface area contributed by atoms with Crippen LogP contribution in [0.5, 0.6) is 0 Å². The van der Waals surface area contributed by atoms with Crippen LogP contribution in [0.3, 0.4) is 0 Å². The van der Waals surface area contributed by atoms with Crippen molar-refractivity contribution in [2.24, 2.45) is 0 Å². The summed E-state index contributed by atoms with van der Waals surface area (Å²) >= 11 is 3.43. The fraction of sp³-hybridized carbons (Fsp3) is 0.214. The van der Waals surface area contributed by atoms with Crippen LogP contribution >= 0.6 is 15.9 Å². The van der Waals surface area contributed by atoms with E-state index in [1.54, 1.807) is 6.20 Å². The largest absolute Gasteiger partial charge is 0.379 e. The Morgan fingerprint density at radius 3 is 2.82 bits per heavy atom. The molecule has 2 rings (SSSR count). The Labute approximate surface area is 110 Å². The summed E-state index contributed by atoms with van der Waals surface area (Å²) in [6.07, 6.45) is 1.77. The van der Waals surface area contributed by atoms with E-state index >= 15 is 0 Å². The number of nitrogens with one attached hydrogen (secondary N) is 1. The lowest BCUT2D eigenvalue weighted by Crippen LogP contribution is -2.02. The van der Waals surface area contributed by atoms with Gasteiger partial charge in [-0.3, -0.25) is 0 Å². The van der Waals surface area contributed by atoms with Gasteiger partial charge in [0.25, 0.3) is 0 Å². The van der Waals surface area contributed by atoms with Crippen LogP contribution in [0.2, 0.25) is 0 Å². The Bertz CT molecular complexity index is 523. The predicted molar refractivity (Wildman–Crippen MR) is 75.2 cm³/mol. The number of benzene rings is 1. The minimum atomic E-state index is 0.817. The second kappa shape index (κ2) is 5.32. The normalized spacial score (nSPS) is 10.3. The molecule has 0 spiro atoms. The molecule has 0 aliphatic rings. The van der Waals surface area contributed by atoms with Crippen LogP contribution in [-0.2, 0) is 6.54 Å². The van der Waals surface area contributed by atoms with E-state index in [1.165, 1.54) is 16.7 Å². The summed E-state index contributed by atoms with van der Waals surface area (Å²) in [5, 5.41) is 3.39. The number of hydrogen-bond donors (Lipinski definition) is 1. The molecule has 17 heavy (non-hydrogen) atoms. The molecule has 0 atom stereocenters. The molecular formula is C14H15BrN2. The molecule has 1 N–H and O–H groups in total. The zero-order valence-electron chi connectivity index (χ0n) is 10.00. The molecule has 0 fully saturated rings. The SMILES string of the molecule is Cc1ccc(C)c(CNc2cccnc2Br)c1. The molecule has 1 aromatic heterocycles. The highest BCUT2D eigenvalue weighted by molar-refractivity contribution is 9.10. The second-order valence-corrected chi connectivity index (χ2v) is 4.88. The van der Waals surface area contributed by atoms with Gasteiger partial charge in [-0.2, -0.15) is 0 Å². The average Bonchev–Trinajstić information content (AvgIpc) is 2.32. The molecule has 1 aromatic carbocycles. The number of pyridine rings is 1. The van der Waals surface area contributed by atoms with Crippen molar-refractivity contribution in [3.8, 4) is 0 Å². The van der Waals surface area contributed by atoms with E-state index in [0.29, 0.717) is 0 Å². The minimum Gasteiger partial charge on any atom is -0.379 e. The van der Waals surface area contributed by atoms with Crippen molar-refractivity contribution in [1.82, 2.24) is 4.98 Å². The summed E-state index contributed by atoms with van der Waals surface area (Å²) in [7, 11) is 0. The lowest BCUT2D eigenvalue weighted by atomic mass is 10.1. The first-order valence-electron chi connectivity index (χ1n) is 5.57. The van der Waals surface area contributed by atoms with Gasteiger partial charge >= 0.3 is 0 Å². The Morgan fingerprint density at radius 2 is 2.06 bits per heavy atom. The predicted octanol–water partition coefficient (Wildman–Crippen LogP) is 4.07. The van der Waals surface area contributed by atoms with Crippen LogP contribution in [-0.4, -0.2) is 4.98 Å². The third-order valence-corrected chi connectivity index (χ3v) is 3.36. The summed E-state index contributed by atoms with van der Waals surface area (Å²) in [5.74, 6) is 0. The van der Waals surface area contributed by atoms with Gasteiger partial charge in [-0.25, -0.2) is 4.98 Å². The molecule has 0 saturated carbocycles. The highest BCUT2D eigenvalue weighted by atomic mass is 79.9. The van der Waals surface area contributed by atoms with E-state index in [9.17, 15) is 0 Å². The van der Waals surface area contributed by atoms with Gasteiger partial charge in [-0.05, 0) is 53.0 Å². The molecule has 2 nitrogen and oxygen atoms in total. The molecule has 0 amide bonds. The van der Waals surface area contributed by atoms with Gasteiger partial charge in [-0.15, -0.1) is 0 Å². The molecule has 0 saturated heterocycles. The van der Waals surface area contributed by atoms with E-state index in [4.69, 9.17) is 0 Å². The Morgan fingerprint density at radius 1 is 1.24 bits per heavy atom. The number of nitrogens with zero attached hydrogens (tertiary/aromatic N) is 1. The lowest BCUT2D eigenvalue weighted by Gasteiger charge is -2.10. The van der Waals surface area contributed by atoms with Crippen molar-refractivity contribution in [3.63, 3.8) is 0 Å². The number of hydrogen-bond acceptors (Lipinski definition) is 2. The lowest BCUT2D eigenvalue weighted by molar-refractivity contribution is 1.10. The quantitative estimate of drug-likeness (QED) is 0.862. The summed E-state index contributed by atoms with van der Waals surface area (Å²) in [6.45, 7) is 5.06. The molecule has 0 bridgehead atoms. The molecule has 0 aliphatic carbocycles. The van der Waals surface area contributed by atoms with E-state index in [0.717, 1.165) is 16.8 Å². The van der Waals surface area contributed by atoms with Crippen molar-refractivity contribution >= 4 is 21.6 Å². The third-order valence-electron chi connectivity index (χ3n) is 2.73. The number of anilines is 1. The summed E-state index contributed by atoms with van der Waals surface area (Å²) < 4.78 is 0.852. The van der Waals surface area contributed by atoms with Crippen LogP contribution in [0.4, 0.5) is 5.69 Å². The molecule has 0 unspecified atom stereocenters. The van der Waals surface area contributed by atoms with E-state index in [-0.39, 0.29) is 0 Å². The zero-order chi connectivity index (χ0) is 12.3. The van der Waals surface area contributed by atoms with E-state index < -0.39 is 0 Å². The van der Waals surface area contributed by atoms with E-state index in [2.05, 4.69) is 58.3 Å². The molecule has 1 heterocycles. The molecule has 3 heteroatoms. The summed E-state index contributed by atoms with van der Waals surface area (Å²) in [6, 6.07) is 10.5. The number of aryl methyl sites for hydroxylation is 2. The molecular weight excluding hydrogens is 276 g/mol. The first-order chi connectivity index (χ1) is 8.16. The standard InChI is InChI=1S/C14H15BrN2/c1-10-5-6-11(2)12(8-10)9-17-13-4-3-7-16-14(13)15/h3-8,17H,9H2,1-2H3. The monoisotopic (exact) mass is 290 g/mol. The van der Waals surface area contributed by atoms with Gasteiger partial charge in [0.1, 0.15) is 4.60 Å². The first kappa shape index (κ1) is 12.1. The van der Waals surface area contributed by atoms with Gasteiger partial charge in [-0.1, -0.05) is 23.8 Å². The molecule has 0 aliphatic heterocycles. The van der Waals surface area contributed by atoms with Crippen LogP contribution in [0, 0.1) is 13.8 Å². The number of aromatic nitrogens is 1. The highest BCUT2D eigenvalue weighted by Gasteiger charge is 2.01. The fourth-order valence-corrected chi connectivity index (χ4v) is 2.09. The van der Waals surface area contributed by atoms with Gasteiger partial charge in [0.2, 0.25) is 0 Å². The Hall–Kier alpha value is -1.35. The number of halogens is 1. The Balaban J connectivity index is 2.12. The minimum absolute atomic E-state index is 0.817. The first-order valence-corrected chi connectivity index (χ1v) is 6.36. The van der Waals surface area contributed by atoms with Crippen molar-refractivity contribution in [3.05, 3.63) is 57.8 Å². The van der Waals surface area contributed by atoms with Crippen LogP contribution in [0.25, 0.3) is 0 Å². The Kier molecular flexibility index (Phi) is 3.79. The smallest absolute Gasteiger partial charge is 0.129 e. The van der Waals surface area contributed by atoms with Crippen molar-refractivity contribution in [1.29, 1.82) is 0 Å². The van der Waals surface area contributed by atoms with E-state index in [1.807, 2.05) is 12.1 Å². The van der Waals surface area contributed by atoms with Crippen LogP contribution in [0.15, 0.2) is 41.1 Å². The van der Waals surface area contributed by atoms with Crippen LogP contribution < -0.4 is 5.32 Å². The second-order valence-electron chi connectivity index (χ2n) is 4.13. The number of rotatable bonds is 3. The average molecular weight is 291 g/mol. The third kappa shape index (κ3) is 3.07. The fourth-order valence-electron chi connectivity index (χ4n) is 1.70. The molecule has 2 aromatic rings. The molecule has 88 valence electrons. The van der Waals surface area contributed by atoms with Gasteiger partial charge < -0.3 is 5.32 Å². The van der Waals surface area contributed by atoms with Crippen molar-refractivity contribution in [2.45, 2.75) is 20.4 Å². The zero-order valence-corrected chi connectivity index (χ0v) is 11.6. The summed E-state index contributed by atoms with van der Waals surface area (Å²) in [5.41, 5.74) is 4.94. The van der Waals surface area contributed by atoms with Gasteiger partial charge in [0, 0.05) is 12.7 Å². The molecule has 0 radical (unpaired) electrons. The topological polar surface area (TPSA) is 24.9 Å². The maximum Gasteiger partial charge on any atom is 0.129 e. The van der Waals surface area contributed by atoms with Crippen molar-refractivity contribution < 1.29 is 0 Å². The van der Waals surface area contributed by atoms with Crippen molar-refractivity contribution in [2.75, 3.05) is 5.32 Å². The summed E-state index contributed by atoms with van der Waals surface area (Å²) in [4.78, 5) is 4.19. The van der Waals surface area contributed by atoms with Crippen LogP contribution in [0.1, 0.15) is 16.7 Å². The van der Waals surface area contributed by atoms with Gasteiger partial charge in [0.05, 0.1) is 5.69 Å². The maximum atomic E-state index is 4.19. The highest BCUT2D eigenvalue weighted by Crippen LogP contribution is 2.20.